The third-order valence-corrected chi connectivity index (χ3v) is 17.4. The van der Waals surface area contributed by atoms with Gasteiger partial charge in [-0.15, -0.1) is 0 Å². The number of fused-ring (bicyclic) bond motifs is 3. The Kier molecular flexibility index (Phi) is 10.0. The molecule has 1 aliphatic heterocycles. The number of hydrogen-bond acceptors (Lipinski definition) is 2. The lowest BCUT2D eigenvalue weighted by Crippen LogP contribution is -2.55. The number of nitrogens with zero attached hydrogens (tertiary/aromatic N) is 2. The van der Waals surface area contributed by atoms with E-state index in [0.717, 1.165) is 22.7 Å². The summed E-state index contributed by atoms with van der Waals surface area (Å²) in [5.74, 6) is 0. The van der Waals surface area contributed by atoms with E-state index in [1.54, 1.807) is 0 Å². The van der Waals surface area contributed by atoms with Crippen molar-refractivity contribution in [3.8, 4) is 44.5 Å². The Balaban J connectivity index is 0.923. The van der Waals surface area contributed by atoms with Gasteiger partial charge in [0.1, 0.15) is 8.07 Å². The summed E-state index contributed by atoms with van der Waals surface area (Å²) in [7, 11) is -2.19. The molecule has 0 saturated heterocycles. The minimum atomic E-state index is -2.19. The van der Waals surface area contributed by atoms with E-state index in [1.807, 2.05) is 0 Å². The fraction of sp³-hybridized carbons (Fsp3) is 0.0312. The normalized spacial score (nSPS) is 12.4. The fourth-order valence-electron chi connectivity index (χ4n) is 10.5. The zero-order chi connectivity index (χ0) is 44.9. The molecule has 0 unspecified atom stereocenters. The Labute approximate surface area is 394 Å². The number of hydrogen-bond donors (Lipinski definition) is 0. The average molecular weight is 873 g/mol. The molecule has 2 nitrogen and oxygen atoms in total. The van der Waals surface area contributed by atoms with Crippen molar-refractivity contribution >= 4 is 74.1 Å². The molecule has 0 saturated carbocycles. The first-order chi connectivity index (χ1) is 33.0. The van der Waals surface area contributed by atoms with E-state index in [9.17, 15) is 0 Å². The van der Waals surface area contributed by atoms with Gasteiger partial charge in [0.25, 0.3) is 0 Å². The number of benzene rings is 11. The molecular weight excluding hydrogens is 825 g/mol. The molecule has 0 N–H and O–H groups in total. The van der Waals surface area contributed by atoms with E-state index in [0.29, 0.717) is 0 Å². The van der Waals surface area contributed by atoms with Crippen molar-refractivity contribution in [2.75, 3.05) is 9.80 Å². The number of para-hydroxylation sites is 1. The van der Waals surface area contributed by atoms with Crippen LogP contribution in [0.25, 0.3) is 66.1 Å². The lowest BCUT2D eigenvalue weighted by Gasteiger charge is -2.36. The predicted molar refractivity (Wildman–Crippen MR) is 289 cm³/mol. The molecule has 318 valence electrons. The average Bonchev–Trinajstić information content (AvgIpc) is 3.40. The van der Waals surface area contributed by atoms with Gasteiger partial charge in [0, 0.05) is 33.5 Å². The Morgan fingerprint density at radius 2 is 0.716 bits per heavy atom. The van der Waals surface area contributed by atoms with Gasteiger partial charge in [0.2, 0.25) is 0 Å². The minimum absolute atomic E-state index is 1.11. The maximum absolute atomic E-state index is 2.53. The van der Waals surface area contributed by atoms with Crippen molar-refractivity contribution in [3.05, 3.63) is 255 Å². The summed E-state index contributed by atoms with van der Waals surface area (Å²) >= 11 is 0. The highest BCUT2D eigenvalue weighted by Gasteiger charge is 2.36. The van der Waals surface area contributed by atoms with Crippen molar-refractivity contribution in [2.45, 2.75) is 13.1 Å². The topological polar surface area (TPSA) is 6.48 Å². The molecule has 0 spiro atoms. The van der Waals surface area contributed by atoms with E-state index in [1.165, 1.54) is 87.8 Å². The number of rotatable bonds is 9. The first-order valence-electron chi connectivity index (χ1n) is 23.3. The maximum Gasteiger partial charge on any atom is 0.113 e. The second kappa shape index (κ2) is 16.6. The largest absolute Gasteiger partial charge is 0.311 e. The van der Waals surface area contributed by atoms with Gasteiger partial charge in [0.15, 0.2) is 0 Å². The van der Waals surface area contributed by atoms with Crippen molar-refractivity contribution in [1.29, 1.82) is 0 Å². The summed E-state index contributed by atoms with van der Waals surface area (Å²) < 4.78 is 0. The molecule has 0 aliphatic carbocycles. The molecular formula is C64H48N2Si. The van der Waals surface area contributed by atoms with Crippen LogP contribution in [0.3, 0.4) is 0 Å². The van der Waals surface area contributed by atoms with Crippen LogP contribution in [-0.4, -0.2) is 8.07 Å². The quantitative estimate of drug-likeness (QED) is 0.133. The van der Waals surface area contributed by atoms with Gasteiger partial charge in [-0.1, -0.05) is 207 Å². The summed E-state index contributed by atoms with van der Waals surface area (Å²) in [5.41, 5.74) is 16.8. The molecule has 1 heterocycles. The maximum atomic E-state index is 2.53. The van der Waals surface area contributed by atoms with Gasteiger partial charge in [0.05, 0.1) is 11.4 Å². The molecule has 0 fully saturated rings. The molecule has 0 atom stereocenters. The van der Waals surface area contributed by atoms with Gasteiger partial charge < -0.3 is 9.80 Å². The molecule has 12 rings (SSSR count). The van der Waals surface area contributed by atoms with Gasteiger partial charge >= 0.3 is 0 Å². The molecule has 11 aromatic carbocycles. The van der Waals surface area contributed by atoms with Crippen molar-refractivity contribution in [1.82, 2.24) is 0 Å². The lowest BCUT2D eigenvalue weighted by atomic mass is 9.93. The third kappa shape index (κ3) is 7.12. The Morgan fingerprint density at radius 1 is 0.284 bits per heavy atom. The summed E-state index contributed by atoms with van der Waals surface area (Å²) in [6.07, 6.45) is 0. The highest BCUT2D eigenvalue weighted by molar-refractivity contribution is 7.03. The molecule has 0 aromatic heterocycles. The van der Waals surface area contributed by atoms with E-state index < -0.39 is 8.07 Å². The summed E-state index contributed by atoms with van der Waals surface area (Å²) in [6, 6.07) is 93.4. The SMILES string of the molecule is C[Si]1(C)c2cc(-c3ccc(N(c4ccc(-c5ccccc5)cc4)c4ccc(-c5ccccc5)cc4)cc3)ccc2-c2ccc(N(c3ccccc3)c3cccc4ccccc34)c3cccc1c23. The highest BCUT2D eigenvalue weighted by atomic mass is 28.3. The van der Waals surface area contributed by atoms with Crippen LogP contribution in [0.4, 0.5) is 34.1 Å². The van der Waals surface area contributed by atoms with Crippen LogP contribution < -0.4 is 20.2 Å². The molecule has 67 heavy (non-hydrogen) atoms. The van der Waals surface area contributed by atoms with Crippen LogP contribution in [0.2, 0.25) is 13.1 Å². The third-order valence-electron chi connectivity index (χ3n) is 13.9. The summed E-state index contributed by atoms with van der Waals surface area (Å²) in [5, 5.41) is 8.10. The zero-order valence-corrected chi connectivity index (χ0v) is 38.6. The van der Waals surface area contributed by atoms with Crippen LogP contribution in [0, 0.1) is 0 Å². The standard InChI is InChI=1S/C64H48N2Si/c1-67(2)62-27-15-25-59-61(66(52-22-10-5-11-23-52)60-26-14-21-50-20-12-13-24-56(50)60)43-42-58(64(59)62)57-41-34-51(44-63(57)67)49-32-39-55(40-33-49)65(53-35-28-47(29-36-53)45-16-6-3-7-17-45)54-37-30-48(31-38-54)46-18-8-4-9-19-46/h3-44H,1-2H3. The Morgan fingerprint density at radius 3 is 1.33 bits per heavy atom. The summed E-state index contributed by atoms with van der Waals surface area (Å²) in [4.78, 5) is 4.82. The van der Waals surface area contributed by atoms with Crippen LogP contribution in [0.1, 0.15) is 0 Å². The van der Waals surface area contributed by atoms with Crippen LogP contribution in [0.5, 0.6) is 0 Å². The lowest BCUT2D eigenvalue weighted by molar-refractivity contribution is 1.28. The molecule has 1 aliphatic rings. The minimum Gasteiger partial charge on any atom is -0.311 e. The van der Waals surface area contributed by atoms with E-state index in [2.05, 4.69) is 278 Å². The van der Waals surface area contributed by atoms with Crippen LogP contribution >= 0.6 is 0 Å². The second-order valence-corrected chi connectivity index (χ2v) is 22.5. The monoisotopic (exact) mass is 872 g/mol. The second-order valence-electron chi connectivity index (χ2n) is 18.1. The van der Waals surface area contributed by atoms with Gasteiger partial charge in [-0.25, -0.2) is 0 Å². The Hall–Kier alpha value is -8.24. The first-order valence-corrected chi connectivity index (χ1v) is 26.3. The number of anilines is 6. The predicted octanol–water partition coefficient (Wildman–Crippen LogP) is 16.7. The Bertz CT molecular complexity index is 3480. The van der Waals surface area contributed by atoms with E-state index in [4.69, 9.17) is 0 Å². The highest BCUT2D eigenvalue weighted by Crippen LogP contribution is 2.46. The van der Waals surface area contributed by atoms with E-state index in [-0.39, 0.29) is 0 Å². The molecule has 0 radical (unpaired) electrons. The van der Waals surface area contributed by atoms with Crippen molar-refractivity contribution < 1.29 is 0 Å². The smallest absolute Gasteiger partial charge is 0.113 e. The molecule has 11 aromatic rings. The molecule has 0 bridgehead atoms. The zero-order valence-electron chi connectivity index (χ0n) is 37.6. The van der Waals surface area contributed by atoms with Gasteiger partial charge in [-0.3, -0.25) is 0 Å². The first kappa shape index (κ1) is 40.3. The van der Waals surface area contributed by atoms with Crippen LogP contribution in [-0.2, 0) is 0 Å². The van der Waals surface area contributed by atoms with Crippen molar-refractivity contribution in [3.63, 3.8) is 0 Å². The molecule has 0 amide bonds. The molecule has 3 heteroatoms. The van der Waals surface area contributed by atoms with Gasteiger partial charge in [-0.2, -0.15) is 0 Å². The summed E-state index contributed by atoms with van der Waals surface area (Å²) in [6.45, 7) is 5.07. The van der Waals surface area contributed by atoms with E-state index >= 15 is 0 Å². The van der Waals surface area contributed by atoms with Gasteiger partial charge in [-0.05, 0) is 126 Å². The fourth-order valence-corrected chi connectivity index (χ4v) is 13.6. The van der Waals surface area contributed by atoms with Crippen molar-refractivity contribution in [2.24, 2.45) is 0 Å². The van der Waals surface area contributed by atoms with Crippen LogP contribution in [0.15, 0.2) is 255 Å².